The Bertz CT molecular complexity index is 941. The molecule has 0 aliphatic heterocycles. The van der Waals surface area contributed by atoms with E-state index in [1.807, 2.05) is 69.3 Å². The van der Waals surface area contributed by atoms with E-state index in [1.54, 1.807) is 0 Å². The van der Waals surface area contributed by atoms with Gasteiger partial charge in [-0.1, -0.05) is 41.9 Å². The number of aryl methyl sites for hydroxylation is 2. The van der Waals surface area contributed by atoms with Crippen LogP contribution in [0, 0.1) is 13.8 Å². The van der Waals surface area contributed by atoms with Gasteiger partial charge in [0.2, 0.25) is 0 Å². The van der Waals surface area contributed by atoms with Gasteiger partial charge in [0.25, 0.3) is 5.91 Å². The van der Waals surface area contributed by atoms with E-state index in [1.165, 1.54) is 11.3 Å². The molecule has 3 aromatic rings. The summed E-state index contributed by atoms with van der Waals surface area (Å²) in [5.41, 5.74) is 2.73. The van der Waals surface area contributed by atoms with Crippen molar-refractivity contribution in [3.63, 3.8) is 0 Å². The smallest absolute Gasteiger partial charge is 0.263 e. The quantitative estimate of drug-likeness (QED) is 0.595. The van der Waals surface area contributed by atoms with Gasteiger partial charge < -0.3 is 10.1 Å². The van der Waals surface area contributed by atoms with Gasteiger partial charge in [-0.05, 0) is 50.1 Å². The summed E-state index contributed by atoms with van der Waals surface area (Å²) in [6, 6.07) is 15.3. The lowest BCUT2D eigenvalue weighted by Crippen LogP contribution is -2.26. The number of aromatic nitrogens is 1. The molecule has 1 aromatic heterocycles. The number of halogens is 1. The topological polar surface area (TPSA) is 51.2 Å². The number of benzene rings is 2. The number of thiazole rings is 1. The lowest BCUT2D eigenvalue weighted by atomic mass is 10.1. The second-order valence-corrected chi connectivity index (χ2v) is 7.82. The first kappa shape index (κ1) is 19.4. The zero-order chi connectivity index (χ0) is 19.4. The van der Waals surface area contributed by atoms with Gasteiger partial charge in [0.1, 0.15) is 22.2 Å². The predicted molar refractivity (Wildman–Crippen MR) is 110 cm³/mol. The largest absolute Gasteiger partial charge is 0.486 e. The van der Waals surface area contributed by atoms with Crippen LogP contribution in [0.4, 0.5) is 0 Å². The Morgan fingerprint density at radius 3 is 2.67 bits per heavy atom. The van der Waals surface area contributed by atoms with Crippen LogP contribution in [-0.2, 0) is 6.61 Å². The van der Waals surface area contributed by atoms with Gasteiger partial charge in [0.15, 0.2) is 0 Å². The van der Waals surface area contributed by atoms with E-state index in [4.69, 9.17) is 16.3 Å². The molecule has 0 saturated heterocycles. The maximum absolute atomic E-state index is 12.6. The standard InChI is InChI=1S/C21H21ClN2O2S/c1-13-11-17(9-10-18(13)22)26-12-19-23-15(3)20(27-19)21(25)24-14(2)16-7-5-4-6-8-16/h4-11,14H,12H2,1-3H3,(H,24,25)/t14-/m0/s1. The number of hydrogen-bond acceptors (Lipinski definition) is 4. The molecular formula is C21H21ClN2O2S. The molecule has 6 heteroatoms. The van der Waals surface area contributed by atoms with Crippen LogP contribution in [0.2, 0.25) is 5.02 Å². The minimum absolute atomic E-state index is 0.0723. The molecule has 4 nitrogen and oxygen atoms in total. The molecule has 0 bridgehead atoms. The summed E-state index contributed by atoms with van der Waals surface area (Å²) in [4.78, 5) is 17.7. The summed E-state index contributed by atoms with van der Waals surface area (Å²) in [5, 5.41) is 4.50. The highest BCUT2D eigenvalue weighted by Crippen LogP contribution is 2.24. The Morgan fingerprint density at radius 1 is 1.22 bits per heavy atom. The van der Waals surface area contributed by atoms with Crippen molar-refractivity contribution in [3.8, 4) is 5.75 Å². The molecule has 27 heavy (non-hydrogen) atoms. The van der Waals surface area contributed by atoms with Gasteiger partial charge in [0.05, 0.1) is 11.7 Å². The van der Waals surface area contributed by atoms with E-state index in [-0.39, 0.29) is 11.9 Å². The lowest BCUT2D eigenvalue weighted by Gasteiger charge is -2.13. The molecule has 0 saturated carbocycles. The summed E-state index contributed by atoms with van der Waals surface area (Å²) in [6.07, 6.45) is 0. The SMILES string of the molecule is Cc1cc(OCc2nc(C)c(C(=O)N[C@@H](C)c3ccccc3)s2)ccc1Cl. The Kier molecular flexibility index (Phi) is 6.14. The van der Waals surface area contributed by atoms with Crippen LogP contribution >= 0.6 is 22.9 Å². The average molecular weight is 401 g/mol. The third kappa shape index (κ3) is 4.87. The third-order valence-corrected chi connectivity index (χ3v) is 5.74. The molecule has 0 aliphatic rings. The summed E-state index contributed by atoms with van der Waals surface area (Å²) >= 11 is 7.39. The molecule has 0 spiro atoms. The molecule has 2 aromatic carbocycles. The molecule has 140 valence electrons. The van der Waals surface area contributed by atoms with Gasteiger partial charge in [-0.15, -0.1) is 11.3 Å². The van der Waals surface area contributed by atoms with Crippen LogP contribution < -0.4 is 10.1 Å². The molecule has 0 aliphatic carbocycles. The molecule has 1 heterocycles. The number of carbonyl (C=O) groups is 1. The Hall–Kier alpha value is -2.37. The first-order valence-corrected chi connectivity index (χ1v) is 9.84. The highest BCUT2D eigenvalue weighted by atomic mass is 35.5. The number of hydrogen-bond donors (Lipinski definition) is 1. The summed E-state index contributed by atoms with van der Waals surface area (Å²) in [5.74, 6) is 0.614. The van der Waals surface area contributed by atoms with Crippen molar-refractivity contribution in [2.45, 2.75) is 33.4 Å². The van der Waals surface area contributed by atoms with Crippen LogP contribution in [-0.4, -0.2) is 10.9 Å². The van der Waals surface area contributed by atoms with Crippen molar-refractivity contribution in [3.05, 3.63) is 80.3 Å². The Labute approximate surface area is 168 Å². The van der Waals surface area contributed by atoms with Gasteiger partial charge >= 0.3 is 0 Å². The van der Waals surface area contributed by atoms with Gasteiger partial charge in [0, 0.05) is 5.02 Å². The van der Waals surface area contributed by atoms with Crippen LogP contribution in [0.15, 0.2) is 48.5 Å². The highest BCUT2D eigenvalue weighted by Gasteiger charge is 2.18. The zero-order valence-corrected chi connectivity index (χ0v) is 17.0. The Morgan fingerprint density at radius 2 is 1.96 bits per heavy atom. The van der Waals surface area contributed by atoms with E-state index in [9.17, 15) is 4.79 Å². The Balaban J connectivity index is 1.64. The number of carbonyl (C=O) groups excluding carboxylic acids is 1. The normalized spacial score (nSPS) is 11.9. The van der Waals surface area contributed by atoms with Gasteiger partial charge in [-0.3, -0.25) is 4.79 Å². The number of nitrogens with one attached hydrogen (secondary N) is 1. The second-order valence-electron chi connectivity index (χ2n) is 6.33. The number of rotatable bonds is 6. The molecule has 0 fully saturated rings. The predicted octanol–water partition coefficient (Wildman–Crippen LogP) is 5.48. The highest BCUT2D eigenvalue weighted by molar-refractivity contribution is 7.13. The lowest BCUT2D eigenvalue weighted by molar-refractivity contribution is 0.0943. The van der Waals surface area contributed by atoms with Crippen LogP contribution in [0.1, 0.15) is 44.5 Å². The number of ether oxygens (including phenoxy) is 1. The maximum Gasteiger partial charge on any atom is 0.263 e. The van der Waals surface area contributed by atoms with Crippen LogP contribution in [0.5, 0.6) is 5.75 Å². The first-order chi connectivity index (χ1) is 12.9. The maximum atomic E-state index is 12.6. The summed E-state index contributed by atoms with van der Waals surface area (Å²) in [6.45, 7) is 6.05. The fourth-order valence-electron chi connectivity index (χ4n) is 2.66. The summed E-state index contributed by atoms with van der Waals surface area (Å²) in [7, 11) is 0. The van der Waals surface area contributed by atoms with Crippen molar-refractivity contribution < 1.29 is 9.53 Å². The fraction of sp³-hybridized carbons (Fsp3) is 0.238. The second kappa shape index (κ2) is 8.55. The van der Waals surface area contributed by atoms with E-state index in [0.29, 0.717) is 22.2 Å². The first-order valence-electron chi connectivity index (χ1n) is 8.65. The fourth-order valence-corrected chi connectivity index (χ4v) is 3.66. The molecule has 1 atom stereocenters. The molecular weight excluding hydrogens is 380 g/mol. The van der Waals surface area contributed by atoms with Crippen molar-refractivity contribution in [1.29, 1.82) is 0 Å². The minimum Gasteiger partial charge on any atom is -0.486 e. The molecule has 1 amide bonds. The van der Waals surface area contributed by atoms with Gasteiger partial charge in [-0.25, -0.2) is 4.98 Å². The minimum atomic E-state index is -0.116. The van der Waals surface area contributed by atoms with Crippen molar-refractivity contribution >= 4 is 28.8 Å². The van der Waals surface area contributed by atoms with Crippen LogP contribution in [0.25, 0.3) is 0 Å². The van der Waals surface area contributed by atoms with Crippen molar-refractivity contribution in [1.82, 2.24) is 10.3 Å². The van der Waals surface area contributed by atoms with E-state index in [2.05, 4.69) is 10.3 Å². The van der Waals surface area contributed by atoms with Crippen LogP contribution in [0.3, 0.4) is 0 Å². The third-order valence-electron chi connectivity index (χ3n) is 4.19. The van der Waals surface area contributed by atoms with Crippen molar-refractivity contribution in [2.24, 2.45) is 0 Å². The number of nitrogens with zero attached hydrogens (tertiary/aromatic N) is 1. The summed E-state index contributed by atoms with van der Waals surface area (Å²) < 4.78 is 5.78. The molecule has 0 radical (unpaired) electrons. The van der Waals surface area contributed by atoms with E-state index >= 15 is 0 Å². The van der Waals surface area contributed by atoms with Gasteiger partial charge in [-0.2, -0.15) is 0 Å². The van der Waals surface area contributed by atoms with Crippen molar-refractivity contribution in [2.75, 3.05) is 0 Å². The monoisotopic (exact) mass is 400 g/mol. The zero-order valence-electron chi connectivity index (χ0n) is 15.5. The molecule has 1 N–H and O–H groups in total. The average Bonchev–Trinajstić information content (AvgIpc) is 3.04. The molecule has 3 rings (SSSR count). The van der Waals surface area contributed by atoms with E-state index < -0.39 is 0 Å². The number of amides is 1. The molecule has 0 unspecified atom stereocenters. The van der Waals surface area contributed by atoms with E-state index in [0.717, 1.165) is 21.9 Å².